The zero-order valence-electron chi connectivity index (χ0n) is 10.3. The summed E-state index contributed by atoms with van der Waals surface area (Å²) >= 11 is 0. The molecule has 2 N–H and O–H groups in total. The maximum Gasteiger partial charge on any atom is 0.306 e. The number of rotatable bonds is 7. The second-order valence-corrected chi connectivity index (χ2v) is 5.64. The molecule has 1 aromatic rings. The number of benzene rings is 1. The van der Waals surface area contributed by atoms with E-state index in [0.717, 1.165) is 19.3 Å². The van der Waals surface area contributed by atoms with Crippen molar-refractivity contribution in [1.82, 2.24) is 0 Å². The topological polar surface area (TPSA) is 60.0 Å². The molecule has 96 valence electrons. The van der Waals surface area contributed by atoms with Crippen molar-refractivity contribution < 1.29 is 17.9 Å². The average molecular weight is 258 g/mol. The van der Waals surface area contributed by atoms with E-state index in [1.807, 2.05) is 12.1 Å². The maximum atomic E-state index is 10.9. The lowest BCUT2D eigenvalue weighted by molar-refractivity contribution is -0.670. The number of hydrogen-bond donors (Lipinski definition) is 1. The van der Waals surface area contributed by atoms with Gasteiger partial charge in [-0.3, -0.25) is 0 Å². The van der Waals surface area contributed by atoms with Gasteiger partial charge in [0, 0.05) is 5.56 Å². The fourth-order valence-electron chi connectivity index (χ4n) is 1.47. The highest BCUT2D eigenvalue weighted by Gasteiger charge is 2.04. The van der Waals surface area contributed by atoms with E-state index in [2.05, 4.69) is 12.2 Å². The molecule has 0 aromatic heterocycles. The predicted molar refractivity (Wildman–Crippen MR) is 67.3 cm³/mol. The van der Waals surface area contributed by atoms with Gasteiger partial charge in [0.15, 0.2) is 0 Å². The fourth-order valence-corrected chi connectivity index (χ4v) is 1.93. The van der Waals surface area contributed by atoms with Gasteiger partial charge < -0.3 is 9.50 Å². The third-order valence-corrected chi connectivity index (χ3v) is 2.81. The second kappa shape index (κ2) is 6.61. The van der Waals surface area contributed by atoms with Crippen molar-refractivity contribution in [2.45, 2.75) is 26.3 Å². The Bertz CT molecular complexity index is 426. The van der Waals surface area contributed by atoms with E-state index >= 15 is 0 Å². The molecule has 0 saturated heterocycles. The molecule has 0 aliphatic rings. The van der Waals surface area contributed by atoms with Crippen LogP contribution in [0.4, 0.5) is 0 Å². The van der Waals surface area contributed by atoms with Gasteiger partial charge in [0.05, 0.1) is 12.8 Å². The zero-order valence-corrected chi connectivity index (χ0v) is 11.2. The van der Waals surface area contributed by atoms with Crippen LogP contribution in [-0.2, 0) is 16.7 Å². The normalized spacial score (nSPS) is 11.4. The summed E-state index contributed by atoms with van der Waals surface area (Å²) in [7, 11) is -3.42. The molecule has 1 rings (SSSR count). The zero-order chi connectivity index (χ0) is 12.7. The summed E-state index contributed by atoms with van der Waals surface area (Å²) in [5.74, 6) is 0.366. The minimum absolute atomic E-state index is 0.366. The Labute approximate surface area is 103 Å². The average Bonchev–Trinajstić information content (AvgIpc) is 2.25. The van der Waals surface area contributed by atoms with Gasteiger partial charge in [0.2, 0.25) is 0 Å². The van der Waals surface area contributed by atoms with Gasteiger partial charge in [0.25, 0.3) is 0 Å². The van der Waals surface area contributed by atoms with Crippen molar-refractivity contribution in [1.29, 1.82) is 0 Å². The summed E-state index contributed by atoms with van der Waals surface area (Å²) in [6.45, 7) is 4.21. The summed E-state index contributed by atoms with van der Waals surface area (Å²) in [4.78, 5) is 0. The molecule has 0 amide bonds. The predicted octanol–water partition coefficient (Wildman–Crippen LogP) is 0.888. The van der Waals surface area contributed by atoms with E-state index in [0.29, 0.717) is 5.75 Å². The van der Waals surface area contributed by atoms with E-state index in [1.165, 1.54) is 18.4 Å². The molecule has 5 heteroatoms. The van der Waals surface area contributed by atoms with Gasteiger partial charge in [0.1, 0.15) is 12.3 Å². The Morgan fingerprint density at radius 3 is 2.41 bits per heavy atom. The van der Waals surface area contributed by atoms with Crippen molar-refractivity contribution in [3.8, 4) is 5.75 Å². The molecule has 0 radical (unpaired) electrons. The van der Waals surface area contributed by atoms with Crippen LogP contribution in [0.5, 0.6) is 5.75 Å². The SMILES string of the molecule is CCCC[NH2+]Cc1ccc(OS(C)(=O)=O)cc1. The summed E-state index contributed by atoms with van der Waals surface area (Å²) in [6, 6.07) is 7.15. The molecule has 0 aliphatic carbocycles. The number of unbranched alkanes of at least 4 members (excludes halogenated alkanes) is 1. The summed E-state index contributed by atoms with van der Waals surface area (Å²) in [6.07, 6.45) is 3.46. The monoisotopic (exact) mass is 258 g/mol. The lowest BCUT2D eigenvalue weighted by Crippen LogP contribution is -2.82. The first-order valence-corrected chi connectivity index (χ1v) is 7.63. The fraction of sp³-hybridized carbons (Fsp3) is 0.500. The first-order valence-electron chi connectivity index (χ1n) is 5.81. The number of hydrogen-bond acceptors (Lipinski definition) is 3. The highest BCUT2D eigenvalue weighted by molar-refractivity contribution is 7.86. The summed E-state index contributed by atoms with van der Waals surface area (Å²) in [5, 5.41) is 2.25. The molecule has 0 heterocycles. The molecule has 0 atom stereocenters. The van der Waals surface area contributed by atoms with Gasteiger partial charge in [-0.15, -0.1) is 0 Å². The molecule has 0 saturated carbocycles. The van der Waals surface area contributed by atoms with Gasteiger partial charge >= 0.3 is 10.1 Å². The highest BCUT2D eigenvalue weighted by atomic mass is 32.2. The van der Waals surface area contributed by atoms with E-state index < -0.39 is 10.1 Å². The van der Waals surface area contributed by atoms with Crippen LogP contribution in [0.25, 0.3) is 0 Å². The van der Waals surface area contributed by atoms with Crippen LogP contribution in [0, 0.1) is 0 Å². The van der Waals surface area contributed by atoms with Crippen molar-refractivity contribution >= 4 is 10.1 Å². The van der Waals surface area contributed by atoms with Crippen LogP contribution in [0.1, 0.15) is 25.3 Å². The molecular weight excluding hydrogens is 238 g/mol. The molecule has 0 aliphatic heterocycles. The van der Waals surface area contributed by atoms with Crippen LogP contribution in [0.3, 0.4) is 0 Å². The van der Waals surface area contributed by atoms with Crippen LogP contribution in [0.2, 0.25) is 0 Å². The minimum Gasteiger partial charge on any atom is -0.383 e. The molecule has 0 fully saturated rings. The number of nitrogens with two attached hydrogens (primary N) is 1. The standard InChI is InChI=1S/C12H19NO3S/c1-3-4-9-13-10-11-5-7-12(8-6-11)16-17(2,14)15/h5-8,13H,3-4,9-10H2,1-2H3/p+1. The lowest BCUT2D eigenvalue weighted by Gasteiger charge is -2.04. The van der Waals surface area contributed by atoms with Gasteiger partial charge in [-0.1, -0.05) is 13.3 Å². The molecule has 1 aromatic carbocycles. The first-order chi connectivity index (χ1) is 8.01. The molecule has 17 heavy (non-hydrogen) atoms. The first kappa shape index (κ1) is 14.0. The van der Waals surface area contributed by atoms with Crippen molar-refractivity contribution in [3.05, 3.63) is 29.8 Å². The Balaban J connectivity index is 2.45. The van der Waals surface area contributed by atoms with Crippen molar-refractivity contribution in [2.24, 2.45) is 0 Å². The minimum atomic E-state index is -3.42. The smallest absolute Gasteiger partial charge is 0.306 e. The molecular formula is C12H20NO3S+. The van der Waals surface area contributed by atoms with Crippen molar-refractivity contribution in [2.75, 3.05) is 12.8 Å². The molecule has 0 spiro atoms. The summed E-state index contributed by atoms with van der Waals surface area (Å²) in [5.41, 5.74) is 1.17. The van der Waals surface area contributed by atoms with Crippen LogP contribution in [-0.4, -0.2) is 21.2 Å². The maximum absolute atomic E-state index is 10.9. The number of quaternary nitrogens is 1. The molecule has 4 nitrogen and oxygen atoms in total. The van der Waals surface area contributed by atoms with E-state index in [4.69, 9.17) is 4.18 Å². The largest absolute Gasteiger partial charge is 0.383 e. The van der Waals surface area contributed by atoms with Gasteiger partial charge in [-0.2, -0.15) is 8.42 Å². The molecule has 0 bridgehead atoms. The van der Waals surface area contributed by atoms with Gasteiger partial charge in [-0.25, -0.2) is 0 Å². The van der Waals surface area contributed by atoms with Crippen LogP contribution < -0.4 is 9.50 Å². The van der Waals surface area contributed by atoms with Crippen LogP contribution in [0.15, 0.2) is 24.3 Å². The van der Waals surface area contributed by atoms with Crippen LogP contribution >= 0.6 is 0 Å². The van der Waals surface area contributed by atoms with Gasteiger partial charge in [-0.05, 0) is 30.7 Å². The third-order valence-electron chi connectivity index (χ3n) is 2.31. The highest BCUT2D eigenvalue weighted by Crippen LogP contribution is 2.13. The van der Waals surface area contributed by atoms with E-state index in [-0.39, 0.29) is 0 Å². The lowest BCUT2D eigenvalue weighted by atomic mass is 10.2. The Hall–Kier alpha value is -1.07. The quantitative estimate of drug-likeness (QED) is 0.583. The van der Waals surface area contributed by atoms with E-state index in [1.54, 1.807) is 12.1 Å². The Morgan fingerprint density at radius 1 is 1.24 bits per heavy atom. The third kappa shape index (κ3) is 6.28. The second-order valence-electron chi connectivity index (χ2n) is 4.07. The van der Waals surface area contributed by atoms with Crippen molar-refractivity contribution in [3.63, 3.8) is 0 Å². The van der Waals surface area contributed by atoms with E-state index in [9.17, 15) is 8.42 Å². The Kier molecular flexibility index (Phi) is 5.44. The molecule has 0 unspecified atom stereocenters. The Morgan fingerprint density at radius 2 is 1.88 bits per heavy atom. The summed E-state index contributed by atoms with van der Waals surface area (Å²) < 4.78 is 26.6.